The first-order chi connectivity index (χ1) is 15.7. The smallest absolute Gasteiger partial charge is 0.315 e. The van der Waals surface area contributed by atoms with Crippen LogP contribution in [-0.2, 0) is 23.1 Å². The average molecular weight is 452 g/mol. The normalized spacial score (nSPS) is 21.4. The Labute approximate surface area is 194 Å². The molecule has 3 aliphatic rings. The molecule has 1 spiro atoms. The van der Waals surface area contributed by atoms with Crippen molar-refractivity contribution >= 4 is 5.91 Å². The summed E-state index contributed by atoms with van der Waals surface area (Å²) < 4.78 is 7.44. The fourth-order valence-electron chi connectivity index (χ4n) is 6.33. The molecule has 1 saturated heterocycles. The Hall–Kier alpha value is -2.67. The lowest BCUT2D eigenvalue weighted by atomic mass is 9.74. The van der Waals surface area contributed by atoms with Gasteiger partial charge in [-0.05, 0) is 45.1 Å². The van der Waals surface area contributed by atoms with Crippen molar-refractivity contribution in [3.8, 4) is 5.75 Å². The second-order valence-corrected chi connectivity index (χ2v) is 10.4. The molecule has 2 fully saturated rings. The van der Waals surface area contributed by atoms with Crippen LogP contribution in [0.15, 0.2) is 23.0 Å². The number of fused-ring (bicyclic) bond motifs is 1. The molecule has 7 nitrogen and oxygen atoms in total. The highest BCUT2D eigenvalue weighted by Crippen LogP contribution is 2.45. The van der Waals surface area contributed by atoms with Crippen LogP contribution in [0.3, 0.4) is 0 Å². The highest BCUT2D eigenvalue weighted by atomic mass is 16.5. The van der Waals surface area contributed by atoms with Crippen LogP contribution in [0.4, 0.5) is 0 Å². The summed E-state index contributed by atoms with van der Waals surface area (Å²) in [6, 6.07) is 6.69. The molecule has 7 heteroatoms. The molecule has 1 aromatic carbocycles. The van der Waals surface area contributed by atoms with Crippen molar-refractivity contribution in [2.24, 2.45) is 0 Å². The van der Waals surface area contributed by atoms with Gasteiger partial charge in [0.1, 0.15) is 5.82 Å². The number of aromatic hydroxyl groups is 1. The third-order valence-electron chi connectivity index (χ3n) is 8.22. The van der Waals surface area contributed by atoms with Crippen LogP contribution in [0, 0.1) is 13.8 Å². The maximum Gasteiger partial charge on any atom is 0.315 e. The molecule has 2 aliphatic heterocycles. The van der Waals surface area contributed by atoms with E-state index >= 15 is 0 Å². The summed E-state index contributed by atoms with van der Waals surface area (Å²) in [5.41, 5.74) is 2.60. The van der Waals surface area contributed by atoms with Gasteiger partial charge in [0.2, 0.25) is 5.75 Å². The molecule has 33 heavy (non-hydrogen) atoms. The number of hydrogen-bond acceptors (Lipinski definition) is 5. The first-order valence-electron chi connectivity index (χ1n) is 12.0. The van der Waals surface area contributed by atoms with Gasteiger partial charge in [-0.25, -0.2) is 0 Å². The van der Waals surface area contributed by atoms with Gasteiger partial charge in [0.15, 0.2) is 5.69 Å². The van der Waals surface area contributed by atoms with E-state index in [2.05, 4.69) is 37.0 Å². The molecule has 1 aliphatic carbocycles. The Morgan fingerprint density at radius 3 is 2.30 bits per heavy atom. The number of benzene rings is 1. The molecule has 0 bridgehead atoms. The number of rotatable bonds is 3. The van der Waals surface area contributed by atoms with Crippen LogP contribution in [-0.4, -0.2) is 51.3 Å². The largest absolute Gasteiger partial charge is 0.501 e. The van der Waals surface area contributed by atoms with Crippen molar-refractivity contribution in [1.29, 1.82) is 0 Å². The van der Waals surface area contributed by atoms with E-state index in [9.17, 15) is 14.7 Å². The van der Waals surface area contributed by atoms with E-state index in [0.717, 1.165) is 38.5 Å². The molecule has 1 N–H and O–H groups in total. The topological polar surface area (TPSA) is 84.7 Å². The van der Waals surface area contributed by atoms with E-state index < -0.39 is 11.3 Å². The Bertz CT molecular complexity index is 1140. The zero-order valence-electron chi connectivity index (χ0n) is 19.8. The summed E-state index contributed by atoms with van der Waals surface area (Å²) in [6.45, 7) is 5.94. The summed E-state index contributed by atoms with van der Waals surface area (Å²) in [4.78, 5) is 32.2. The van der Waals surface area contributed by atoms with Crippen LogP contribution in [0.2, 0.25) is 0 Å². The fraction of sp³-hybridized carbons (Fsp3) is 0.577. The molecule has 1 aromatic heterocycles. The summed E-state index contributed by atoms with van der Waals surface area (Å²) in [7, 11) is 1.77. The SMILES string of the molecule is Cc1cc(C)cc(C2(Cc3nc(=O)c(O)c4n3CC3(CCOCC3)N(C)C4=O)CCCC2)c1. The lowest BCUT2D eigenvalue weighted by Crippen LogP contribution is -2.60. The maximum absolute atomic E-state index is 13.4. The van der Waals surface area contributed by atoms with Gasteiger partial charge in [-0.3, -0.25) is 9.59 Å². The van der Waals surface area contributed by atoms with Gasteiger partial charge >= 0.3 is 5.56 Å². The van der Waals surface area contributed by atoms with Gasteiger partial charge in [-0.15, -0.1) is 0 Å². The monoisotopic (exact) mass is 451 g/mol. The zero-order valence-corrected chi connectivity index (χ0v) is 19.8. The van der Waals surface area contributed by atoms with E-state index in [1.807, 2.05) is 4.57 Å². The van der Waals surface area contributed by atoms with Crippen molar-refractivity contribution in [1.82, 2.24) is 14.5 Å². The summed E-state index contributed by atoms with van der Waals surface area (Å²) in [5.74, 6) is -0.237. The van der Waals surface area contributed by atoms with Gasteiger partial charge in [-0.2, -0.15) is 4.98 Å². The highest BCUT2D eigenvalue weighted by Gasteiger charge is 2.47. The van der Waals surface area contributed by atoms with Crippen molar-refractivity contribution in [2.45, 2.75) is 76.3 Å². The van der Waals surface area contributed by atoms with Crippen molar-refractivity contribution in [2.75, 3.05) is 20.3 Å². The first-order valence-corrected chi connectivity index (χ1v) is 12.0. The highest BCUT2D eigenvalue weighted by molar-refractivity contribution is 5.96. The minimum Gasteiger partial charge on any atom is -0.501 e. The van der Waals surface area contributed by atoms with Crippen LogP contribution in [0.1, 0.15) is 71.5 Å². The summed E-state index contributed by atoms with van der Waals surface area (Å²) in [5, 5.41) is 10.6. The Balaban J connectivity index is 1.64. The zero-order chi connectivity index (χ0) is 23.4. The first kappa shape index (κ1) is 22.1. The maximum atomic E-state index is 13.4. The molecule has 2 aromatic rings. The Kier molecular flexibility index (Phi) is 5.35. The van der Waals surface area contributed by atoms with Crippen LogP contribution in [0.5, 0.6) is 5.75 Å². The van der Waals surface area contributed by atoms with Gasteiger partial charge in [0, 0.05) is 38.6 Å². The van der Waals surface area contributed by atoms with E-state index in [4.69, 9.17) is 4.74 Å². The van der Waals surface area contributed by atoms with E-state index in [-0.39, 0.29) is 22.6 Å². The predicted molar refractivity (Wildman–Crippen MR) is 125 cm³/mol. The molecular formula is C26H33N3O4. The number of hydrogen-bond donors (Lipinski definition) is 1. The summed E-state index contributed by atoms with van der Waals surface area (Å²) in [6.07, 6.45) is 6.34. The molecule has 1 amide bonds. The lowest BCUT2D eigenvalue weighted by Gasteiger charge is -2.48. The average Bonchev–Trinajstić information content (AvgIpc) is 3.25. The van der Waals surface area contributed by atoms with Gasteiger partial charge < -0.3 is 19.3 Å². The molecule has 1 saturated carbocycles. The molecule has 3 heterocycles. The van der Waals surface area contributed by atoms with Crippen molar-refractivity contribution in [3.05, 3.63) is 56.8 Å². The number of aryl methyl sites for hydroxylation is 2. The Morgan fingerprint density at radius 2 is 1.67 bits per heavy atom. The predicted octanol–water partition coefficient (Wildman–Crippen LogP) is 3.26. The van der Waals surface area contributed by atoms with Crippen LogP contribution >= 0.6 is 0 Å². The molecule has 0 atom stereocenters. The molecule has 0 radical (unpaired) electrons. The van der Waals surface area contributed by atoms with Crippen molar-refractivity contribution in [3.63, 3.8) is 0 Å². The molecule has 0 unspecified atom stereocenters. The summed E-state index contributed by atoms with van der Waals surface area (Å²) >= 11 is 0. The van der Waals surface area contributed by atoms with Gasteiger partial charge in [0.25, 0.3) is 5.91 Å². The number of amides is 1. The second kappa shape index (κ2) is 7.97. The van der Waals surface area contributed by atoms with E-state index in [1.54, 1.807) is 11.9 Å². The van der Waals surface area contributed by atoms with E-state index in [1.165, 1.54) is 16.7 Å². The standard InChI is InChI=1S/C26H33N3O4/c1-17-12-18(2)14-19(13-17)25(6-4-5-7-25)15-20-27-23(31)22(30)21-24(32)28(3)26(16-29(20)21)8-10-33-11-9-26/h12-14,30H,4-11,15-16H2,1-3H3. The third-order valence-corrected chi connectivity index (χ3v) is 8.22. The number of ether oxygens (including phenoxy) is 1. The lowest BCUT2D eigenvalue weighted by molar-refractivity contribution is -0.0275. The third kappa shape index (κ3) is 3.57. The minimum absolute atomic E-state index is 0.0817. The number of likely N-dealkylation sites (N-methyl/N-ethyl adjacent to an activating group) is 1. The van der Waals surface area contributed by atoms with Gasteiger partial charge in [-0.1, -0.05) is 42.2 Å². The number of carbonyl (C=O) groups excluding carboxylic acids is 1. The number of carbonyl (C=O) groups is 1. The number of nitrogens with zero attached hydrogens (tertiary/aromatic N) is 3. The Morgan fingerprint density at radius 1 is 1.03 bits per heavy atom. The fourth-order valence-corrected chi connectivity index (χ4v) is 6.33. The van der Waals surface area contributed by atoms with E-state index in [0.29, 0.717) is 32.0 Å². The molecule has 176 valence electrons. The quantitative estimate of drug-likeness (QED) is 0.774. The minimum atomic E-state index is -0.713. The van der Waals surface area contributed by atoms with Crippen molar-refractivity contribution < 1.29 is 14.6 Å². The van der Waals surface area contributed by atoms with Gasteiger partial charge in [0.05, 0.1) is 5.54 Å². The molecule has 5 rings (SSSR count). The van der Waals surface area contributed by atoms with Crippen LogP contribution < -0.4 is 5.56 Å². The number of aromatic nitrogens is 2. The molecular weight excluding hydrogens is 418 g/mol. The second-order valence-electron chi connectivity index (χ2n) is 10.4. The van der Waals surface area contributed by atoms with Crippen LogP contribution in [0.25, 0.3) is 0 Å².